The monoisotopic (exact) mass is 229 g/mol. The number of aliphatic imine (C=N–C) groups is 2. The molecule has 4 heteroatoms. The zero-order valence-corrected chi connectivity index (χ0v) is 9.66. The van der Waals surface area contributed by atoms with Gasteiger partial charge in [-0.3, -0.25) is 0 Å². The summed E-state index contributed by atoms with van der Waals surface area (Å²) in [5.74, 6) is 0.570. The van der Waals surface area contributed by atoms with Gasteiger partial charge in [0.15, 0.2) is 0 Å². The van der Waals surface area contributed by atoms with Crippen LogP contribution in [0.15, 0.2) is 45.9 Å². The number of benzene rings is 1. The summed E-state index contributed by atoms with van der Waals surface area (Å²) in [4.78, 5) is 9.03. The highest BCUT2D eigenvalue weighted by molar-refractivity contribution is 8.15. The minimum absolute atomic E-state index is 0.424. The Labute approximate surface area is 98.2 Å². The molecule has 0 saturated heterocycles. The van der Waals surface area contributed by atoms with E-state index in [0.29, 0.717) is 11.1 Å². The molecule has 80 valence electrons. The summed E-state index contributed by atoms with van der Waals surface area (Å²) in [6.07, 6.45) is 2.12. The first kappa shape index (κ1) is 9.66. The van der Waals surface area contributed by atoms with E-state index in [0.717, 1.165) is 22.0 Å². The smallest absolute Gasteiger partial charge is 0.133 e. The summed E-state index contributed by atoms with van der Waals surface area (Å²) in [6, 6.07) is 7.81. The van der Waals surface area contributed by atoms with Crippen LogP contribution in [-0.4, -0.2) is 16.1 Å². The van der Waals surface area contributed by atoms with Crippen molar-refractivity contribution in [3.8, 4) is 0 Å². The summed E-state index contributed by atoms with van der Waals surface area (Å²) in [7, 11) is 0. The topological polar surface area (TPSA) is 50.7 Å². The van der Waals surface area contributed by atoms with Gasteiger partial charge >= 0.3 is 0 Å². The maximum atomic E-state index is 5.98. The van der Waals surface area contributed by atoms with Gasteiger partial charge in [0, 0.05) is 10.8 Å². The van der Waals surface area contributed by atoms with Gasteiger partial charge in [0.1, 0.15) is 10.9 Å². The molecule has 2 heterocycles. The molecule has 3 nitrogen and oxygen atoms in total. The molecular formula is C12H11N3S. The Morgan fingerprint density at radius 1 is 1.19 bits per heavy atom. The molecule has 0 radical (unpaired) electrons. The lowest BCUT2D eigenvalue weighted by Gasteiger charge is -1.99. The van der Waals surface area contributed by atoms with Gasteiger partial charge in [-0.15, -0.1) is 0 Å². The predicted octanol–water partition coefficient (Wildman–Crippen LogP) is 2.78. The lowest BCUT2D eigenvalue weighted by Crippen LogP contribution is -2.16. The van der Waals surface area contributed by atoms with Gasteiger partial charge in [0.25, 0.3) is 0 Å². The molecule has 2 aliphatic heterocycles. The van der Waals surface area contributed by atoms with Crippen molar-refractivity contribution in [2.24, 2.45) is 15.7 Å². The van der Waals surface area contributed by atoms with E-state index in [2.05, 4.69) is 23.0 Å². The highest BCUT2D eigenvalue weighted by atomic mass is 32.2. The van der Waals surface area contributed by atoms with Gasteiger partial charge in [-0.05, 0) is 19.1 Å². The summed E-state index contributed by atoms with van der Waals surface area (Å²) in [5.41, 5.74) is 8.70. The molecule has 3 rings (SSSR count). The first-order valence-corrected chi connectivity index (χ1v) is 6.03. The number of thioether (sulfide) groups is 1. The van der Waals surface area contributed by atoms with Crippen LogP contribution in [-0.2, 0) is 0 Å². The van der Waals surface area contributed by atoms with Crippen molar-refractivity contribution >= 4 is 34.0 Å². The number of nitrogens with zero attached hydrogens (tertiary/aromatic N) is 2. The highest BCUT2D eigenvalue weighted by Crippen LogP contribution is 2.37. The minimum Gasteiger partial charge on any atom is -0.383 e. The molecule has 0 bridgehead atoms. The third-order valence-corrected chi connectivity index (χ3v) is 3.59. The van der Waals surface area contributed by atoms with Crippen LogP contribution in [0.2, 0.25) is 0 Å². The third kappa shape index (κ3) is 1.46. The van der Waals surface area contributed by atoms with Gasteiger partial charge in [-0.1, -0.05) is 30.0 Å². The largest absolute Gasteiger partial charge is 0.383 e. The second kappa shape index (κ2) is 3.49. The first-order valence-electron chi connectivity index (χ1n) is 5.15. The number of hydrogen-bond acceptors (Lipinski definition) is 4. The number of nitrogens with two attached hydrogens (primary N) is 1. The summed E-state index contributed by atoms with van der Waals surface area (Å²) < 4.78 is 0. The molecule has 1 atom stereocenters. The fourth-order valence-electron chi connectivity index (χ4n) is 1.81. The number of hydrogen-bond donors (Lipinski definition) is 1. The van der Waals surface area contributed by atoms with Crippen molar-refractivity contribution < 1.29 is 0 Å². The molecule has 0 fully saturated rings. The van der Waals surface area contributed by atoms with Gasteiger partial charge in [-0.25, -0.2) is 9.98 Å². The first-order chi connectivity index (χ1) is 7.74. The van der Waals surface area contributed by atoms with Crippen LogP contribution in [0.5, 0.6) is 0 Å². The Kier molecular flexibility index (Phi) is 2.11. The summed E-state index contributed by atoms with van der Waals surface area (Å²) >= 11 is 1.73. The summed E-state index contributed by atoms with van der Waals surface area (Å²) in [5, 5.41) is 1.41. The second-order valence-corrected chi connectivity index (χ2v) is 5.17. The fourth-order valence-corrected chi connectivity index (χ4v) is 2.82. The molecule has 0 aromatic heterocycles. The van der Waals surface area contributed by atoms with Crippen molar-refractivity contribution in [1.82, 2.24) is 0 Å². The third-order valence-electron chi connectivity index (χ3n) is 2.55. The standard InChI is InChI=1S/C12H11N3S/c1-7-6-8-11(13)14-9-4-2-3-5-10(9)15-12(8)16-7/h2-7H,1H3,(H2,13,14). The van der Waals surface area contributed by atoms with E-state index >= 15 is 0 Å². The zero-order chi connectivity index (χ0) is 11.1. The van der Waals surface area contributed by atoms with E-state index in [1.807, 2.05) is 24.3 Å². The van der Waals surface area contributed by atoms with Gasteiger partial charge < -0.3 is 5.73 Å². The highest BCUT2D eigenvalue weighted by Gasteiger charge is 2.24. The van der Waals surface area contributed by atoms with Crippen LogP contribution in [0.25, 0.3) is 0 Å². The van der Waals surface area contributed by atoms with E-state index < -0.39 is 0 Å². The van der Waals surface area contributed by atoms with E-state index in [-0.39, 0.29) is 0 Å². The molecule has 2 N–H and O–H groups in total. The number of fused-ring (bicyclic) bond motifs is 2. The molecule has 1 aromatic carbocycles. The van der Waals surface area contributed by atoms with Crippen molar-refractivity contribution in [2.75, 3.05) is 0 Å². The molecule has 0 amide bonds. The maximum Gasteiger partial charge on any atom is 0.133 e. The Morgan fingerprint density at radius 2 is 1.88 bits per heavy atom. The van der Waals surface area contributed by atoms with E-state index in [1.165, 1.54) is 0 Å². The Morgan fingerprint density at radius 3 is 2.62 bits per heavy atom. The molecular weight excluding hydrogens is 218 g/mol. The van der Waals surface area contributed by atoms with Gasteiger partial charge in [-0.2, -0.15) is 0 Å². The molecule has 0 aliphatic carbocycles. The van der Waals surface area contributed by atoms with Crippen molar-refractivity contribution in [3.05, 3.63) is 35.9 Å². The van der Waals surface area contributed by atoms with Crippen molar-refractivity contribution in [1.29, 1.82) is 0 Å². The average Bonchev–Trinajstić information content (AvgIpc) is 2.57. The molecule has 0 spiro atoms. The van der Waals surface area contributed by atoms with E-state index in [9.17, 15) is 0 Å². The van der Waals surface area contributed by atoms with Crippen molar-refractivity contribution in [3.63, 3.8) is 0 Å². The van der Waals surface area contributed by atoms with Gasteiger partial charge in [0.2, 0.25) is 0 Å². The Balaban J connectivity index is 2.22. The normalized spacial score (nSPS) is 22.6. The van der Waals surface area contributed by atoms with Crippen LogP contribution in [0.1, 0.15) is 6.92 Å². The maximum absolute atomic E-state index is 5.98. The fraction of sp³-hybridized carbons (Fsp3) is 0.167. The average molecular weight is 229 g/mol. The van der Waals surface area contributed by atoms with Crippen molar-refractivity contribution in [2.45, 2.75) is 12.2 Å². The summed E-state index contributed by atoms with van der Waals surface area (Å²) in [6.45, 7) is 2.13. The molecule has 2 aliphatic rings. The quantitative estimate of drug-likeness (QED) is 0.743. The second-order valence-electron chi connectivity index (χ2n) is 3.81. The van der Waals surface area contributed by atoms with Crippen LogP contribution in [0.3, 0.4) is 0 Å². The predicted molar refractivity (Wildman–Crippen MR) is 70.0 cm³/mol. The Bertz CT molecular complexity index is 543. The van der Waals surface area contributed by atoms with E-state index in [4.69, 9.17) is 5.73 Å². The van der Waals surface area contributed by atoms with Gasteiger partial charge in [0.05, 0.1) is 11.4 Å². The lowest BCUT2D eigenvalue weighted by molar-refractivity contribution is 1.26. The number of para-hydroxylation sites is 2. The van der Waals surface area contributed by atoms with Crippen LogP contribution >= 0.6 is 11.8 Å². The van der Waals surface area contributed by atoms with Crippen LogP contribution in [0.4, 0.5) is 11.4 Å². The molecule has 0 saturated carbocycles. The Hall–Kier alpha value is -1.55. The van der Waals surface area contributed by atoms with E-state index in [1.54, 1.807) is 11.8 Å². The lowest BCUT2D eigenvalue weighted by atomic mass is 10.2. The number of amidine groups is 1. The SMILES string of the molecule is CC1C=C2C(N)=Nc3ccccc3N=C2S1. The van der Waals surface area contributed by atoms with Crippen LogP contribution in [0, 0.1) is 0 Å². The molecule has 1 unspecified atom stereocenters. The molecule has 16 heavy (non-hydrogen) atoms. The van der Waals surface area contributed by atoms with Crippen LogP contribution < -0.4 is 5.73 Å². The number of rotatable bonds is 0. The molecule has 1 aromatic rings. The minimum atomic E-state index is 0.424. The zero-order valence-electron chi connectivity index (χ0n) is 8.84.